The fourth-order valence-electron chi connectivity index (χ4n) is 1.37. The summed E-state index contributed by atoms with van der Waals surface area (Å²) < 4.78 is 11.7. The summed E-state index contributed by atoms with van der Waals surface area (Å²) in [5.74, 6) is -0.107. The number of halogens is 1. The van der Waals surface area contributed by atoms with Crippen molar-refractivity contribution in [3.8, 4) is 6.07 Å². The van der Waals surface area contributed by atoms with E-state index in [4.69, 9.17) is 11.0 Å². The van der Waals surface area contributed by atoms with Gasteiger partial charge >= 0.3 is 0 Å². The lowest BCUT2D eigenvalue weighted by Gasteiger charge is -2.29. The molecule has 1 heterocycles. The third kappa shape index (κ3) is 9.79. The zero-order valence-electron chi connectivity index (χ0n) is 11.5. The molecule has 1 saturated heterocycles. The third-order valence-electron chi connectivity index (χ3n) is 2.20. The van der Waals surface area contributed by atoms with Gasteiger partial charge in [0.25, 0.3) is 0 Å². The molecule has 2 N–H and O–H groups in total. The Balaban J connectivity index is 0. The second-order valence-corrected chi connectivity index (χ2v) is 3.44. The van der Waals surface area contributed by atoms with Crippen LogP contribution in [0.15, 0.2) is 12.2 Å². The first-order valence-electron chi connectivity index (χ1n) is 6.23. The van der Waals surface area contributed by atoms with Crippen molar-refractivity contribution in [1.82, 2.24) is 4.90 Å². The number of nitrogens with two attached hydrogens (primary N) is 1. The standard InChI is InChI=1S/C9H15FN2O.C2H3N.C2H6/c10-5-1-2-9(13)12-6-3-8(11)4-7-12;1-2-3;1-2/h1-2,8H,3-7,11H2;1H3;1-2H3/b2-1+;;. The average molecular weight is 257 g/mol. The van der Waals surface area contributed by atoms with E-state index in [1.54, 1.807) is 11.0 Å². The summed E-state index contributed by atoms with van der Waals surface area (Å²) in [5, 5.41) is 7.32. The van der Waals surface area contributed by atoms with Gasteiger partial charge < -0.3 is 10.6 Å². The Labute approximate surface area is 109 Å². The molecule has 0 bridgehead atoms. The van der Waals surface area contributed by atoms with Crippen molar-refractivity contribution in [2.45, 2.75) is 39.7 Å². The molecule has 0 aromatic carbocycles. The average Bonchev–Trinajstić information content (AvgIpc) is 2.40. The van der Waals surface area contributed by atoms with E-state index in [2.05, 4.69) is 0 Å². The van der Waals surface area contributed by atoms with Crippen molar-refractivity contribution >= 4 is 5.91 Å². The van der Waals surface area contributed by atoms with Gasteiger partial charge in [0, 0.05) is 32.1 Å². The highest BCUT2D eigenvalue weighted by Crippen LogP contribution is 2.08. The zero-order chi connectivity index (χ0) is 14.4. The fraction of sp³-hybridized carbons (Fsp3) is 0.692. The molecule has 1 fully saturated rings. The smallest absolute Gasteiger partial charge is 0.246 e. The van der Waals surface area contributed by atoms with Crippen LogP contribution < -0.4 is 5.73 Å². The van der Waals surface area contributed by atoms with Crippen molar-refractivity contribution in [3.05, 3.63) is 12.2 Å². The number of allylic oxidation sites excluding steroid dienone is 1. The number of nitrogens with zero attached hydrogens (tertiary/aromatic N) is 2. The number of carbonyl (C=O) groups excluding carboxylic acids is 1. The van der Waals surface area contributed by atoms with Crippen molar-refractivity contribution in [3.63, 3.8) is 0 Å². The number of hydrogen-bond acceptors (Lipinski definition) is 3. The third-order valence-corrected chi connectivity index (χ3v) is 2.20. The molecular formula is C13H24FN3O. The van der Waals surface area contributed by atoms with Crippen LogP contribution in [0.4, 0.5) is 4.39 Å². The van der Waals surface area contributed by atoms with Crippen LogP contribution in [0.3, 0.4) is 0 Å². The highest BCUT2D eigenvalue weighted by atomic mass is 19.1. The van der Waals surface area contributed by atoms with Gasteiger partial charge in [0.05, 0.1) is 6.07 Å². The molecule has 18 heavy (non-hydrogen) atoms. The topological polar surface area (TPSA) is 70.1 Å². The second-order valence-electron chi connectivity index (χ2n) is 3.44. The summed E-state index contributed by atoms with van der Waals surface area (Å²) in [4.78, 5) is 13.0. The number of amides is 1. The summed E-state index contributed by atoms with van der Waals surface area (Å²) >= 11 is 0. The van der Waals surface area contributed by atoms with Gasteiger partial charge in [-0.25, -0.2) is 4.39 Å². The normalized spacial score (nSPS) is 15.0. The fourth-order valence-corrected chi connectivity index (χ4v) is 1.37. The van der Waals surface area contributed by atoms with E-state index in [1.165, 1.54) is 19.1 Å². The molecule has 5 heteroatoms. The molecule has 4 nitrogen and oxygen atoms in total. The summed E-state index contributed by atoms with van der Waals surface area (Å²) in [6.45, 7) is 6.23. The van der Waals surface area contributed by atoms with Gasteiger partial charge in [0.2, 0.25) is 5.91 Å². The monoisotopic (exact) mass is 257 g/mol. The quantitative estimate of drug-likeness (QED) is 0.769. The number of alkyl halides is 1. The van der Waals surface area contributed by atoms with Crippen LogP contribution in [-0.2, 0) is 4.79 Å². The van der Waals surface area contributed by atoms with Gasteiger partial charge in [-0.1, -0.05) is 13.8 Å². The molecule has 0 aromatic rings. The summed E-state index contributed by atoms with van der Waals surface area (Å²) in [6.07, 6.45) is 4.21. The maximum atomic E-state index is 11.7. The summed E-state index contributed by atoms with van der Waals surface area (Å²) in [6, 6.07) is 1.97. The van der Waals surface area contributed by atoms with Crippen LogP contribution in [-0.4, -0.2) is 36.6 Å². The van der Waals surface area contributed by atoms with Crippen LogP contribution in [0.1, 0.15) is 33.6 Å². The Morgan fingerprint density at radius 1 is 1.50 bits per heavy atom. The molecule has 0 saturated carbocycles. The number of hydrogen-bond donors (Lipinski definition) is 1. The lowest BCUT2D eigenvalue weighted by atomic mass is 10.1. The lowest BCUT2D eigenvalue weighted by Crippen LogP contribution is -2.42. The molecule has 0 spiro atoms. The SMILES string of the molecule is CC.CC#N.NC1CCN(C(=O)/C=C/CF)CC1. The largest absolute Gasteiger partial charge is 0.339 e. The Hall–Kier alpha value is -1.41. The second kappa shape index (κ2) is 13.7. The number of piperidine rings is 1. The Kier molecular flexibility index (Phi) is 14.4. The first-order chi connectivity index (χ1) is 8.65. The van der Waals surface area contributed by atoms with Crippen LogP contribution >= 0.6 is 0 Å². The molecule has 1 amide bonds. The van der Waals surface area contributed by atoms with Crippen LogP contribution in [0.2, 0.25) is 0 Å². The van der Waals surface area contributed by atoms with Crippen molar-refractivity contribution in [2.24, 2.45) is 5.73 Å². The molecular weight excluding hydrogens is 233 g/mol. The van der Waals surface area contributed by atoms with E-state index in [1.807, 2.05) is 13.8 Å². The Bertz CT molecular complexity index is 266. The number of rotatable bonds is 2. The van der Waals surface area contributed by atoms with E-state index in [0.29, 0.717) is 13.1 Å². The first-order valence-corrected chi connectivity index (χ1v) is 6.23. The van der Waals surface area contributed by atoms with Gasteiger partial charge in [0.1, 0.15) is 6.67 Å². The van der Waals surface area contributed by atoms with Crippen molar-refractivity contribution in [1.29, 1.82) is 5.26 Å². The molecule has 1 aliphatic heterocycles. The minimum Gasteiger partial charge on any atom is -0.339 e. The van der Waals surface area contributed by atoms with Gasteiger partial charge in [-0.2, -0.15) is 5.26 Å². The molecule has 0 atom stereocenters. The van der Waals surface area contributed by atoms with Crippen LogP contribution in [0.25, 0.3) is 0 Å². The molecule has 0 unspecified atom stereocenters. The summed E-state index contributed by atoms with van der Waals surface area (Å²) in [5.41, 5.74) is 5.68. The maximum Gasteiger partial charge on any atom is 0.246 e. The first kappa shape index (κ1) is 18.9. The zero-order valence-corrected chi connectivity index (χ0v) is 11.5. The predicted molar refractivity (Wildman–Crippen MR) is 71.5 cm³/mol. The number of likely N-dealkylation sites (tertiary alicyclic amines) is 1. The molecule has 104 valence electrons. The molecule has 0 aromatic heterocycles. The number of carbonyl (C=O) groups is 1. The van der Waals surface area contributed by atoms with Crippen molar-refractivity contribution < 1.29 is 9.18 Å². The number of nitriles is 1. The van der Waals surface area contributed by atoms with Gasteiger partial charge in [0.15, 0.2) is 0 Å². The highest BCUT2D eigenvalue weighted by molar-refractivity contribution is 5.87. The maximum absolute atomic E-state index is 11.7. The Morgan fingerprint density at radius 3 is 2.33 bits per heavy atom. The van der Waals surface area contributed by atoms with Crippen LogP contribution in [0.5, 0.6) is 0 Å². The van der Waals surface area contributed by atoms with Crippen molar-refractivity contribution in [2.75, 3.05) is 19.8 Å². The van der Waals surface area contributed by atoms with E-state index in [9.17, 15) is 9.18 Å². The van der Waals surface area contributed by atoms with E-state index in [-0.39, 0.29) is 11.9 Å². The van der Waals surface area contributed by atoms with Gasteiger partial charge in [-0.15, -0.1) is 0 Å². The minimum absolute atomic E-state index is 0.107. The molecule has 0 aliphatic carbocycles. The van der Waals surface area contributed by atoms with E-state index >= 15 is 0 Å². The highest BCUT2D eigenvalue weighted by Gasteiger charge is 2.18. The van der Waals surface area contributed by atoms with Crippen LogP contribution in [0, 0.1) is 11.3 Å². The van der Waals surface area contributed by atoms with Gasteiger partial charge in [-0.3, -0.25) is 4.79 Å². The molecule has 0 radical (unpaired) electrons. The van der Waals surface area contributed by atoms with E-state index < -0.39 is 6.67 Å². The van der Waals surface area contributed by atoms with E-state index in [0.717, 1.165) is 12.8 Å². The molecule has 1 aliphatic rings. The molecule has 1 rings (SSSR count). The minimum atomic E-state index is -0.584. The summed E-state index contributed by atoms with van der Waals surface area (Å²) in [7, 11) is 0. The predicted octanol–water partition coefficient (Wildman–Crippen LogP) is 2.02. The lowest BCUT2D eigenvalue weighted by molar-refractivity contribution is -0.127. The Morgan fingerprint density at radius 2 is 1.94 bits per heavy atom. The van der Waals surface area contributed by atoms with Gasteiger partial charge in [-0.05, 0) is 18.9 Å².